The second-order valence-corrected chi connectivity index (χ2v) is 5.42. The lowest BCUT2D eigenvalue weighted by Crippen LogP contribution is -2.13. The Balaban J connectivity index is 2.49. The number of hydrogen-bond acceptors (Lipinski definition) is 1. The van der Waals surface area contributed by atoms with Gasteiger partial charge in [-0.05, 0) is 54.3 Å². The van der Waals surface area contributed by atoms with Crippen LogP contribution in [0.25, 0.3) is 0 Å². The summed E-state index contributed by atoms with van der Waals surface area (Å²) in [6, 6.07) is 7.54. The van der Waals surface area contributed by atoms with Crippen molar-refractivity contribution in [1.29, 1.82) is 0 Å². The summed E-state index contributed by atoms with van der Waals surface area (Å²) in [6.45, 7) is 3.98. The van der Waals surface area contributed by atoms with Crippen molar-refractivity contribution in [1.82, 2.24) is 0 Å². The zero-order valence-electron chi connectivity index (χ0n) is 10.7. The van der Waals surface area contributed by atoms with Crippen LogP contribution >= 0.6 is 23.2 Å². The van der Waals surface area contributed by atoms with Gasteiger partial charge in [-0.3, -0.25) is 0 Å². The van der Waals surface area contributed by atoms with Gasteiger partial charge in [-0.1, -0.05) is 35.3 Å². The minimum atomic E-state index is -0.472. The molecule has 0 fully saturated rings. The first kappa shape index (κ1) is 14.3. The summed E-state index contributed by atoms with van der Waals surface area (Å²) in [5.41, 5.74) is 9.85. The van der Waals surface area contributed by atoms with Gasteiger partial charge in [0.05, 0.1) is 6.04 Å². The molecule has 0 radical (unpaired) electrons. The lowest BCUT2D eigenvalue weighted by atomic mass is 9.96. The van der Waals surface area contributed by atoms with Crippen molar-refractivity contribution in [3.63, 3.8) is 0 Å². The Bertz CT molecular complexity index is 626. The molecule has 1 unspecified atom stereocenters. The molecule has 0 aliphatic rings. The Morgan fingerprint density at radius 3 is 2.16 bits per heavy atom. The third-order valence-corrected chi connectivity index (χ3v) is 3.90. The maximum absolute atomic E-state index is 13.1. The quantitative estimate of drug-likeness (QED) is 0.847. The zero-order valence-corrected chi connectivity index (χ0v) is 12.2. The maximum Gasteiger partial charge on any atom is 0.124 e. The number of aryl methyl sites for hydroxylation is 2. The fourth-order valence-electron chi connectivity index (χ4n) is 1.96. The summed E-state index contributed by atoms with van der Waals surface area (Å²) in [5, 5.41) is 0.901. The zero-order chi connectivity index (χ0) is 14.2. The largest absolute Gasteiger partial charge is 0.320 e. The molecule has 1 nitrogen and oxygen atoms in total. The monoisotopic (exact) mass is 297 g/mol. The highest BCUT2D eigenvalue weighted by Crippen LogP contribution is 2.32. The summed E-state index contributed by atoms with van der Waals surface area (Å²) in [6.07, 6.45) is 0. The van der Waals surface area contributed by atoms with Gasteiger partial charge in [0.15, 0.2) is 0 Å². The standard InChI is InChI=1S/C15H14Cl2FN/c1-8-5-12(13(16)6-9(8)2)15(19)11-4-3-10(18)7-14(11)17/h3-7,15H,19H2,1-2H3. The molecule has 2 N–H and O–H groups in total. The van der Waals surface area contributed by atoms with Crippen LogP contribution in [0, 0.1) is 19.7 Å². The van der Waals surface area contributed by atoms with E-state index < -0.39 is 6.04 Å². The Hall–Kier alpha value is -1.09. The van der Waals surface area contributed by atoms with Crippen molar-refractivity contribution in [3.05, 3.63) is 68.4 Å². The number of halogens is 3. The van der Waals surface area contributed by atoms with Crippen molar-refractivity contribution >= 4 is 23.2 Å². The average molecular weight is 298 g/mol. The van der Waals surface area contributed by atoms with Crippen molar-refractivity contribution in [2.45, 2.75) is 19.9 Å². The molecule has 0 bridgehead atoms. The molecule has 2 aromatic rings. The van der Waals surface area contributed by atoms with E-state index in [1.54, 1.807) is 6.07 Å². The van der Waals surface area contributed by atoms with E-state index in [0.717, 1.165) is 16.7 Å². The van der Waals surface area contributed by atoms with Gasteiger partial charge in [0.2, 0.25) is 0 Å². The maximum atomic E-state index is 13.1. The van der Waals surface area contributed by atoms with E-state index in [-0.39, 0.29) is 5.82 Å². The molecule has 2 aromatic carbocycles. The van der Waals surface area contributed by atoms with Crippen LogP contribution in [0.2, 0.25) is 10.0 Å². The predicted molar refractivity (Wildman–Crippen MR) is 78.4 cm³/mol. The molecule has 1 atom stereocenters. The van der Waals surface area contributed by atoms with E-state index in [4.69, 9.17) is 28.9 Å². The lowest BCUT2D eigenvalue weighted by molar-refractivity contribution is 0.626. The molecule has 2 rings (SSSR count). The second-order valence-electron chi connectivity index (χ2n) is 4.60. The van der Waals surface area contributed by atoms with Crippen LogP contribution in [0.4, 0.5) is 4.39 Å². The molecular formula is C15H14Cl2FN. The minimum Gasteiger partial charge on any atom is -0.320 e. The highest BCUT2D eigenvalue weighted by molar-refractivity contribution is 6.32. The number of rotatable bonds is 2. The van der Waals surface area contributed by atoms with Gasteiger partial charge in [0, 0.05) is 10.0 Å². The van der Waals surface area contributed by atoms with Crippen LogP contribution in [0.5, 0.6) is 0 Å². The molecule has 4 heteroatoms. The molecule has 0 aliphatic carbocycles. The highest BCUT2D eigenvalue weighted by atomic mass is 35.5. The van der Waals surface area contributed by atoms with E-state index in [9.17, 15) is 4.39 Å². The first-order valence-electron chi connectivity index (χ1n) is 5.87. The summed E-state index contributed by atoms with van der Waals surface area (Å²) >= 11 is 12.3. The molecule has 0 heterocycles. The first-order valence-corrected chi connectivity index (χ1v) is 6.63. The summed E-state index contributed by atoms with van der Waals surface area (Å²) < 4.78 is 13.1. The number of hydrogen-bond donors (Lipinski definition) is 1. The smallest absolute Gasteiger partial charge is 0.124 e. The minimum absolute atomic E-state index is 0.307. The van der Waals surface area contributed by atoms with E-state index in [1.807, 2.05) is 26.0 Å². The Labute approximate surface area is 122 Å². The van der Waals surface area contributed by atoms with Gasteiger partial charge in [-0.2, -0.15) is 0 Å². The third kappa shape index (κ3) is 2.92. The Morgan fingerprint density at radius 2 is 1.53 bits per heavy atom. The fourth-order valence-corrected chi connectivity index (χ4v) is 2.58. The molecule has 0 spiro atoms. The number of benzene rings is 2. The molecule has 19 heavy (non-hydrogen) atoms. The molecule has 0 aromatic heterocycles. The SMILES string of the molecule is Cc1cc(Cl)c(C(N)c2ccc(F)cc2Cl)cc1C. The predicted octanol–water partition coefficient (Wildman–Crippen LogP) is 4.80. The topological polar surface area (TPSA) is 26.0 Å². The first-order chi connectivity index (χ1) is 8.90. The van der Waals surface area contributed by atoms with E-state index in [0.29, 0.717) is 15.6 Å². The van der Waals surface area contributed by atoms with Gasteiger partial charge < -0.3 is 5.73 Å². The normalized spacial score (nSPS) is 12.5. The van der Waals surface area contributed by atoms with Crippen LogP contribution in [-0.2, 0) is 0 Å². The summed E-state index contributed by atoms with van der Waals surface area (Å²) in [4.78, 5) is 0. The van der Waals surface area contributed by atoms with Crippen LogP contribution in [0.3, 0.4) is 0 Å². The summed E-state index contributed by atoms with van der Waals surface area (Å²) in [5.74, 6) is -0.382. The van der Waals surface area contributed by atoms with Crippen molar-refractivity contribution in [3.8, 4) is 0 Å². The van der Waals surface area contributed by atoms with Crippen LogP contribution in [-0.4, -0.2) is 0 Å². The molecule has 0 aliphatic heterocycles. The Kier molecular flexibility index (Phi) is 4.14. The Morgan fingerprint density at radius 1 is 0.947 bits per heavy atom. The molecular weight excluding hydrogens is 284 g/mol. The third-order valence-electron chi connectivity index (χ3n) is 3.25. The molecule has 100 valence electrons. The van der Waals surface area contributed by atoms with E-state index >= 15 is 0 Å². The van der Waals surface area contributed by atoms with Gasteiger partial charge in [0.1, 0.15) is 5.82 Å². The number of nitrogens with two attached hydrogens (primary N) is 1. The van der Waals surface area contributed by atoms with Gasteiger partial charge in [-0.15, -0.1) is 0 Å². The highest BCUT2D eigenvalue weighted by Gasteiger charge is 2.16. The van der Waals surface area contributed by atoms with Crippen LogP contribution < -0.4 is 5.73 Å². The molecule has 0 saturated carbocycles. The fraction of sp³-hybridized carbons (Fsp3) is 0.200. The van der Waals surface area contributed by atoms with Gasteiger partial charge >= 0.3 is 0 Å². The van der Waals surface area contributed by atoms with Crippen molar-refractivity contribution in [2.24, 2.45) is 5.73 Å². The average Bonchev–Trinajstić information content (AvgIpc) is 2.33. The van der Waals surface area contributed by atoms with Gasteiger partial charge in [-0.25, -0.2) is 4.39 Å². The van der Waals surface area contributed by atoms with E-state index in [2.05, 4.69) is 0 Å². The van der Waals surface area contributed by atoms with Crippen molar-refractivity contribution in [2.75, 3.05) is 0 Å². The molecule has 0 saturated heterocycles. The second kappa shape index (κ2) is 5.49. The van der Waals surface area contributed by atoms with Crippen molar-refractivity contribution < 1.29 is 4.39 Å². The van der Waals surface area contributed by atoms with Crippen LogP contribution in [0.1, 0.15) is 28.3 Å². The van der Waals surface area contributed by atoms with E-state index in [1.165, 1.54) is 12.1 Å². The van der Waals surface area contributed by atoms with Gasteiger partial charge in [0.25, 0.3) is 0 Å². The van der Waals surface area contributed by atoms with Crippen LogP contribution in [0.15, 0.2) is 30.3 Å². The lowest BCUT2D eigenvalue weighted by Gasteiger charge is -2.17. The molecule has 0 amide bonds. The summed E-state index contributed by atoms with van der Waals surface area (Å²) in [7, 11) is 0.